The fourth-order valence-corrected chi connectivity index (χ4v) is 6.85. The lowest BCUT2D eigenvalue weighted by Gasteiger charge is -2.22. The third-order valence-corrected chi connectivity index (χ3v) is 9.48. The Bertz CT molecular complexity index is 2750. The maximum atomic E-state index is 12.8. The number of amides is 2. The highest BCUT2D eigenvalue weighted by Crippen LogP contribution is 2.35. The molecular weight excluding hydrogens is 755 g/mol. The Labute approximate surface area is 347 Å². The zero-order valence-corrected chi connectivity index (χ0v) is 33.8. The second-order valence-corrected chi connectivity index (χ2v) is 15.3. The van der Waals surface area contributed by atoms with Crippen LogP contribution in [-0.2, 0) is 22.7 Å². The first kappa shape index (κ1) is 40.9. The van der Waals surface area contributed by atoms with Gasteiger partial charge in [0.15, 0.2) is 0 Å². The number of alkyl carbamates (subject to hydrolysis) is 1. The molecule has 0 bridgehead atoms. The van der Waals surface area contributed by atoms with E-state index in [1.54, 1.807) is 45.9 Å². The number of hydrogen-bond acceptors (Lipinski definition) is 10. The second-order valence-electron chi connectivity index (χ2n) is 15.3. The lowest BCUT2D eigenvalue weighted by Crippen LogP contribution is -2.44. The van der Waals surface area contributed by atoms with Gasteiger partial charge in [-0.2, -0.15) is 0 Å². The van der Waals surface area contributed by atoms with Crippen LogP contribution < -0.4 is 27.0 Å². The molecule has 8 aromatic rings. The van der Waals surface area contributed by atoms with E-state index in [0.29, 0.717) is 22.6 Å². The van der Waals surface area contributed by atoms with Gasteiger partial charge in [0.25, 0.3) is 0 Å². The molecule has 60 heavy (non-hydrogen) atoms. The third kappa shape index (κ3) is 9.70. The van der Waals surface area contributed by atoms with E-state index in [0.717, 1.165) is 66.2 Å². The van der Waals surface area contributed by atoms with Crippen LogP contribution in [0.15, 0.2) is 133 Å². The second kappa shape index (κ2) is 17.7. The zero-order chi connectivity index (χ0) is 42.4. The van der Waals surface area contributed by atoms with E-state index in [1.807, 2.05) is 103 Å². The molecule has 0 saturated heterocycles. The normalized spacial score (nSPS) is 11.8. The molecule has 8 N–H and O–H groups in total. The number of aliphatic hydroxyl groups is 2. The van der Waals surface area contributed by atoms with E-state index in [4.69, 9.17) is 20.4 Å². The summed E-state index contributed by atoms with van der Waals surface area (Å²) in [7, 11) is 0. The topological polar surface area (TPSA) is 184 Å². The summed E-state index contributed by atoms with van der Waals surface area (Å²) in [6, 6.07) is 41.8. The van der Waals surface area contributed by atoms with Gasteiger partial charge in [0.2, 0.25) is 5.91 Å². The van der Waals surface area contributed by atoms with Crippen molar-refractivity contribution in [3.8, 4) is 0 Å². The standard InChI is InChI=1S/C28H30N4O4.C20H17N3O/c1-17(29-27(35)36-28(2,3)4)26(34)31-20-14-18(16-33)13-19(15-20)30-25-21-9-5-7-11-23(21)32-24-12-8-6-10-22(24)25;21-14-9-13(12-24)10-15(11-14)22-20-16-5-1-3-7-18(16)23-19-8-4-2-6-17(19)20/h5-15,17,33H,16H2,1-4H3,(H,29,35)(H,30,32)(H,31,34);1-11,24H,12,21H2,(H,22,23). The number of carbonyl (C=O) groups excluding carboxylic acids is 2. The molecule has 6 aromatic carbocycles. The van der Waals surface area contributed by atoms with Gasteiger partial charge in [-0.15, -0.1) is 0 Å². The Morgan fingerprint density at radius 3 is 1.45 bits per heavy atom. The minimum Gasteiger partial charge on any atom is -0.444 e. The first-order valence-corrected chi connectivity index (χ1v) is 19.5. The molecule has 12 heteroatoms. The number of rotatable bonds is 9. The molecular formula is C48H47N7O5. The number of nitrogens with one attached hydrogen (secondary N) is 4. The summed E-state index contributed by atoms with van der Waals surface area (Å²) in [5, 5.41) is 35.5. The number of pyridine rings is 2. The first-order valence-electron chi connectivity index (χ1n) is 19.5. The Balaban J connectivity index is 0.000000196. The summed E-state index contributed by atoms with van der Waals surface area (Å²) in [5.41, 5.74) is 14.8. The van der Waals surface area contributed by atoms with Crippen molar-refractivity contribution in [3.05, 3.63) is 145 Å². The van der Waals surface area contributed by atoms with Crippen molar-refractivity contribution in [3.63, 3.8) is 0 Å². The average molecular weight is 802 g/mol. The fourth-order valence-electron chi connectivity index (χ4n) is 6.85. The number of nitrogens with two attached hydrogens (primary N) is 1. The van der Waals surface area contributed by atoms with Crippen molar-refractivity contribution in [2.75, 3.05) is 21.7 Å². The van der Waals surface area contributed by atoms with Gasteiger partial charge in [-0.1, -0.05) is 72.8 Å². The predicted molar refractivity (Wildman–Crippen MR) is 242 cm³/mol. The molecule has 2 aromatic heterocycles. The van der Waals surface area contributed by atoms with Crippen LogP contribution in [0, 0.1) is 0 Å². The maximum absolute atomic E-state index is 12.8. The lowest BCUT2D eigenvalue weighted by molar-refractivity contribution is -0.117. The van der Waals surface area contributed by atoms with Crippen LogP contribution in [0.4, 0.5) is 38.9 Å². The number of aromatic nitrogens is 2. The smallest absolute Gasteiger partial charge is 0.408 e. The van der Waals surface area contributed by atoms with Crippen molar-refractivity contribution < 1.29 is 24.5 Å². The molecule has 0 aliphatic heterocycles. The van der Waals surface area contributed by atoms with Crippen molar-refractivity contribution in [1.29, 1.82) is 0 Å². The van der Waals surface area contributed by atoms with Crippen molar-refractivity contribution in [1.82, 2.24) is 15.3 Å². The van der Waals surface area contributed by atoms with E-state index in [1.165, 1.54) is 0 Å². The SMILES string of the molecule is CC(NC(=O)OC(C)(C)C)C(=O)Nc1cc(CO)cc(Nc2c3ccccc3nc3ccccc23)c1.Nc1cc(CO)cc(Nc2c3ccccc3nc3ccccc23)c1. The molecule has 0 aliphatic carbocycles. The molecule has 0 aliphatic rings. The molecule has 2 amide bonds. The molecule has 0 spiro atoms. The predicted octanol–water partition coefficient (Wildman–Crippen LogP) is 9.68. The van der Waals surface area contributed by atoms with Crippen molar-refractivity contribution in [2.24, 2.45) is 0 Å². The zero-order valence-electron chi connectivity index (χ0n) is 33.8. The van der Waals surface area contributed by atoms with Gasteiger partial charge in [0.1, 0.15) is 11.6 Å². The molecule has 304 valence electrons. The lowest BCUT2D eigenvalue weighted by atomic mass is 10.1. The monoisotopic (exact) mass is 801 g/mol. The highest BCUT2D eigenvalue weighted by molar-refractivity contribution is 6.10. The number of nitrogens with zero attached hydrogens (tertiary/aromatic N) is 2. The summed E-state index contributed by atoms with van der Waals surface area (Å²) in [6.07, 6.45) is -0.673. The largest absolute Gasteiger partial charge is 0.444 e. The highest BCUT2D eigenvalue weighted by atomic mass is 16.6. The minimum atomic E-state index is -0.831. The number of carbonyl (C=O) groups is 2. The summed E-state index contributed by atoms with van der Waals surface area (Å²) in [5.74, 6) is -0.415. The van der Waals surface area contributed by atoms with Crippen molar-refractivity contribution in [2.45, 2.75) is 52.6 Å². The van der Waals surface area contributed by atoms with E-state index in [2.05, 4.69) is 33.4 Å². The van der Waals surface area contributed by atoms with Crippen LogP contribution in [0.5, 0.6) is 0 Å². The Kier molecular flexibility index (Phi) is 12.1. The van der Waals surface area contributed by atoms with E-state index in [-0.39, 0.29) is 13.2 Å². The summed E-state index contributed by atoms with van der Waals surface area (Å²) >= 11 is 0. The number of hydrogen-bond donors (Lipinski definition) is 7. The summed E-state index contributed by atoms with van der Waals surface area (Å²) < 4.78 is 5.22. The number of ether oxygens (including phenoxy) is 1. The fraction of sp³-hybridized carbons (Fsp3) is 0.167. The Morgan fingerprint density at radius 1 is 0.617 bits per heavy atom. The summed E-state index contributed by atoms with van der Waals surface area (Å²) in [4.78, 5) is 34.3. The summed E-state index contributed by atoms with van der Waals surface area (Å²) in [6.45, 7) is 6.58. The maximum Gasteiger partial charge on any atom is 0.408 e. The number of aliphatic hydroxyl groups excluding tert-OH is 2. The third-order valence-electron chi connectivity index (χ3n) is 9.48. The Morgan fingerprint density at radius 2 is 1.02 bits per heavy atom. The van der Waals surface area contributed by atoms with Crippen molar-refractivity contribution >= 4 is 89.7 Å². The number of para-hydroxylation sites is 4. The van der Waals surface area contributed by atoms with Crippen LogP contribution in [0.25, 0.3) is 43.6 Å². The van der Waals surface area contributed by atoms with Crippen LogP contribution >= 0.6 is 0 Å². The number of benzene rings is 6. The molecule has 0 fully saturated rings. The quantitative estimate of drug-likeness (QED) is 0.0548. The van der Waals surface area contributed by atoms with Gasteiger partial charge in [0, 0.05) is 44.3 Å². The van der Waals surface area contributed by atoms with Gasteiger partial charge < -0.3 is 42.0 Å². The van der Waals surface area contributed by atoms with Crippen LogP contribution in [-0.4, -0.2) is 43.8 Å². The van der Waals surface area contributed by atoms with E-state index >= 15 is 0 Å². The molecule has 8 rings (SSSR count). The van der Waals surface area contributed by atoms with Gasteiger partial charge in [-0.05, 0) is 99.5 Å². The van der Waals surface area contributed by atoms with Gasteiger partial charge >= 0.3 is 6.09 Å². The van der Waals surface area contributed by atoms with Crippen LogP contribution in [0.3, 0.4) is 0 Å². The van der Waals surface area contributed by atoms with Gasteiger partial charge in [-0.25, -0.2) is 14.8 Å². The van der Waals surface area contributed by atoms with E-state index in [9.17, 15) is 19.8 Å². The molecule has 1 unspecified atom stereocenters. The first-order chi connectivity index (χ1) is 28.9. The minimum absolute atomic E-state index is 0.0441. The Hall–Kier alpha value is -7.28. The van der Waals surface area contributed by atoms with Gasteiger partial charge in [-0.3, -0.25) is 4.79 Å². The molecule has 12 nitrogen and oxygen atoms in total. The average Bonchev–Trinajstić information content (AvgIpc) is 3.22. The highest BCUT2D eigenvalue weighted by Gasteiger charge is 2.21. The van der Waals surface area contributed by atoms with Crippen LogP contribution in [0.1, 0.15) is 38.8 Å². The van der Waals surface area contributed by atoms with E-state index < -0.39 is 23.6 Å². The number of nitrogen functional groups attached to an aromatic ring is 1. The van der Waals surface area contributed by atoms with Crippen LogP contribution in [0.2, 0.25) is 0 Å². The molecule has 1 atom stereocenters. The number of anilines is 6. The number of fused-ring (bicyclic) bond motifs is 4. The molecule has 0 saturated carbocycles. The molecule has 0 radical (unpaired) electrons. The van der Waals surface area contributed by atoms with Gasteiger partial charge in [0.05, 0.1) is 46.7 Å². The molecule has 2 heterocycles.